The second-order valence-electron chi connectivity index (χ2n) is 23.3. The molecule has 0 aromatic carbocycles. The first-order valence-electron chi connectivity index (χ1n) is 33.1. The molecule has 0 amide bonds. The lowest BCUT2D eigenvalue weighted by atomic mass is 10.0. The number of rotatable bonds is 63. The molecule has 0 aliphatic carbocycles. The monoisotopic (exact) mass is 1210 g/mol. The van der Waals surface area contributed by atoms with Gasteiger partial charge in [0.05, 0.1) is 26.4 Å². The quantitative estimate of drug-likeness (QED) is 0.0222. The van der Waals surface area contributed by atoms with Crippen LogP contribution in [0.1, 0.15) is 317 Å². The van der Waals surface area contributed by atoms with E-state index in [1.807, 2.05) is 0 Å². The number of phosphoric ester groups is 2. The number of hydrogen-bond acceptors (Lipinski definition) is 15. The van der Waals surface area contributed by atoms with Crippen molar-refractivity contribution < 1.29 is 80.2 Å². The zero-order valence-electron chi connectivity index (χ0n) is 52.6. The molecule has 0 rings (SSSR count). The van der Waals surface area contributed by atoms with E-state index in [1.54, 1.807) is 0 Å². The van der Waals surface area contributed by atoms with Gasteiger partial charge in [-0.3, -0.25) is 37.3 Å². The van der Waals surface area contributed by atoms with Crippen molar-refractivity contribution in [2.75, 3.05) is 39.6 Å². The normalized spacial score (nSPS) is 14.3. The Labute approximate surface area is 498 Å². The SMILES string of the molecule is CCCCCCCCCCCCCCC(=O)OC[C@H](COP(=O)(O)OC[C@@H](O)COP(=O)(O)OC[C@@H](COC(=O)CCCCCCCCCCC)OC(=O)CCCCCCCCCCC)OC(=O)CCCCCCCCCCCC(C)C. The smallest absolute Gasteiger partial charge is 0.462 e. The van der Waals surface area contributed by atoms with Crippen molar-refractivity contribution in [3.05, 3.63) is 0 Å². The summed E-state index contributed by atoms with van der Waals surface area (Å²) in [6.45, 7) is 7.13. The summed E-state index contributed by atoms with van der Waals surface area (Å²) < 4.78 is 67.9. The van der Waals surface area contributed by atoms with E-state index in [-0.39, 0.29) is 25.7 Å². The van der Waals surface area contributed by atoms with E-state index in [0.717, 1.165) is 95.8 Å². The zero-order valence-corrected chi connectivity index (χ0v) is 54.4. The summed E-state index contributed by atoms with van der Waals surface area (Å²) in [6.07, 6.45) is 40.2. The summed E-state index contributed by atoms with van der Waals surface area (Å²) in [7, 11) is -9.88. The minimum absolute atomic E-state index is 0.106. The molecule has 0 radical (unpaired) electrons. The van der Waals surface area contributed by atoms with E-state index in [0.29, 0.717) is 25.7 Å². The van der Waals surface area contributed by atoms with Crippen molar-refractivity contribution in [2.24, 2.45) is 5.92 Å². The number of aliphatic hydroxyl groups is 1. The number of carbonyl (C=O) groups is 4. The van der Waals surface area contributed by atoms with Crippen molar-refractivity contribution in [3.63, 3.8) is 0 Å². The molecular weight excluding hydrogens is 1090 g/mol. The Hall–Kier alpha value is -1.94. The van der Waals surface area contributed by atoms with E-state index >= 15 is 0 Å². The van der Waals surface area contributed by atoms with Crippen LogP contribution in [-0.4, -0.2) is 96.7 Å². The third-order valence-electron chi connectivity index (χ3n) is 14.5. The summed E-state index contributed by atoms with van der Waals surface area (Å²) >= 11 is 0. The van der Waals surface area contributed by atoms with Gasteiger partial charge in [-0.1, -0.05) is 266 Å². The summed E-state index contributed by atoms with van der Waals surface area (Å²) in [6, 6.07) is 0. The maximum atomic E-state index is 13.0. The minimum atomic E-state index is -4.94. The Morgan fingerprint density at radius 1 is 0.329 bits per heavy atom. The Morgan fingerprint density at radius 3 is 0.829 bits per heavy atom. The molecule has 0 aromatic heterocycles. The number of esters is 4. The van der Waals surface area contributed by atoms with Gasteiger partial charge in [0.1, 0.15) is 19.3 Å². The molecule has 0 bridgehead atoms. The summed E-state index contributed by atoms with van der Waals surface area (Å²) in [4.78, 5) is 72.1. The van der Waals surface area contributed by atoms with Crippen LogP contribution in [0.2, 0.25) is 0 Å². The third kappa shape index (κ3) is 57.2. The fourth-order valence-electron chi connectivity index (χ4n) is 9.41. The predicted molar refractivity (Wildman–Crippen MR) is 326 cm³/mol. The third-order valence-corrected chi connectivity index (χ3v) is 16.4. The van der Waals surface area contributed by atoms with E-state index < -0.39 is 97.5 Å². The average Bonchev–Trinajstić information content (AvgIpc) is 3.46. The molecule has 3 N–H and O–H groups in total. The number of carbonyl (C=O) groups excluding carboxylic acids is 4. The maximum Gasteiger partial charge on any atom is 0.472 e. The van der Waals surface area contributed by atoms with Gasteiger partial charge in [0, 0.05) is 25.7 Å². The Bertz CT molecular complexity index is 1600. The highest BCUT2D eigenvalue weighted by Gasteiger charge is 2.30. The molecule has 486 valence electrons. The fourth-order valence-corrected chi connectivity index (χ4v) is 11.0. The van der Waals surface area contributed by atoms with Gasteiger partial charge < -0.3 is 33.8 Å². The van der Waals surface area contributed by atoms with Gasteiger partial charge >= 0.3 is 39.5 Å². The molecule has 0 spiro atoms. The van der Waals surface area contributed by atoms with E-state index in [4.69, 9.17) is 37.0 Å². The number of hydrogen-bond donors (Lipinski definition) is 3. The van der Waals surface area contributed by atoms with E-state index in [9.17, 15) is 43.2 Å². The van der Waals surface area contributed by atoms with E-state index in [2.05, 4.69) is 34.6 Å². The van der Waals surface area contributed by atoms with Gasteiger partial charge in [-0.25, -0.2) is 9.13 Å². The topological polar surface area (TPSA) is 237 Å². The molecule has 0 saturated carbocycles. The first kappa shape index (κ1) is 80.1. The minimum Gasteiger partial charge on any atom is -0.462 e. The second kappa shape index (κ2) is 56.8. The van der Waals surface area contributed by atoms with Gasteiger partial charge in [0.2, 0.25) is 0 Å². The van der Waals surface area contributed by atoms with Crippen molar-refractivity contribution in [2.45, 2.75) is 335 Å². The lowest BCUT2D eigenvalue weighted by molar-refractivity contribution is -0.161. The molecule has 2 unspecified atom stereocenters. The number of aliphatic hydroxyl groups excluding tert-OH is 1. The van der Waals surface area contributed by atoms with Crippen LogP contribution >= 0.6 is 15.6 Å². The molecule has 17 nitrogen and oxygen atoms in total. The van der Waals surface area contributed by atoms with E-state index in [1.165, 1.54) is 141 Å². The van der Waals surface area contributed by atoms with Crippen LogP contribution in [-0.2, 0) is 65.4 Å². The van der Waals surface area contributed by atoms with Crippen molar-refractivity contribution in [3.8, 4) is 0 Å². The fraction of sp³-hybridized carbons (Fsp3) is 0.937. The second-order valence-corrected chi connectivity index (χ2v) is 26.2. The highest BCUT2D eigenvalue weighted by molar-refractivity contribution is 7.47. The first-order valence-corrected chi connectivity index (χ1v) is 36.1. The van der Waals surface area contributed by atoms with Gasteiger partial charge in [-0.05, 0) is 31.6 Å². The van der Waals surface area contributed by atoms with Crippen molar-refractivity contribution in [1.29, 1.82) is 0 Å². The highest BCUT2D eigenvalue weighted by atomic mass is 31.2. The molecule has 0 heterocycles. The molecule has 82 heavy (non-hydrogen) atoms. The van der Waals surface area contributed by atoms with Crippen molar-refractivity contribution in [1.82, 2.24) is 0 Å². The van der Waals surface area contributed by atoms with Gasteiger partial charge in [-0.2, -0.15) is 0 Å². The largest absolute Gasteiger partial charge is 0.472 e. The molecule has 0 aromatic rings. The van der Waals surface area contributed by atoms with Crippen LogP contribution in [0.5, 0.6) is 0 Å². The first-order chi connectivity index (χ1) is 39.5. The highest BCUT2D eigenvalue weighted by Crippen LogP contribution is 2.45. The van der Waals surface area contributed by atoms with Gasteiger partial charge in [-0.15, -0.1) is 0 Å². The van der Waals surface area contributed by atoms with Crippen LogP contribution in [0, 0.1) is 5.92 Å². The molecule has 5 atom stereocenters. The van der Waals surface area contributed by atoms with Crippen LogP contribution in [0.4, 0.5) is 0 Å². The Kier molecular flexibility index (Phi) is 55.5. The lowest BCUT2D eigenvalue weighted by Crippen LogP contribution is -2.30. The Morgan fingerprint density at radius 2 is 0.561 bits per heavy atom. The molecule has 0 saturated heterocycles. The summed E-state index contributed by atoms with van der Waals surface area (Å²) in [5.41, 5.74) is 0. The molecule has 0 aliphatic rings. The zero-order chi connectivity index (χ0) is 60.6. The number of phosphoric acid groups is 2. The average molecular weight is 1210 g/mol. The van der Waals surface area contributed by atoms with Crippen LogP contribution in [0.25, 0.3) is 0 Å². The predicted octanol–water partition coefficient (Wildman–Crippen LogP) is 17.4. The maximum absolute atomic E-state index is 13.0. The Balaban J connectivity index is 5.23. The van der Waals surface area contributed by atoms with Crippen LogP contribution in [0.15, 0.2) is 0 Å². The van der Waals surface area contributed by atoms with Gasteiger partial charge in [0.15, 0.2) is 12.2 Å². The molecular formula is C63H122O17P2. The summed E-state index contributed by atoms with van der Waals surface area (Å²) in [5, 5.41) is 10.5. The number of ether oxygens (including phenoxy) is 4. The summed E-state index contributed by atoms with van der Waals surface area (Å²) in [5.74, 6) is -1.40. The number of unbranched alkanes of at least 4 members (excludes halogenated alkanes) is 35. The van der Waals surface area contributed by atoms with Crippen LogP contribution < -0.4 is 0 Å². The van der Waals surface area contributed by atoms with Gasteiger partial charge in [0.25, 0.3) is 0 Å². The molecule has 0 fully saturated rings. The molecule has 19 heteroatoms. The molecule has 0 aliphatic heterocycles. The standard InChI is InChI=1S/C63H122O17P2/c1-6-9-12-15-18-21-22-23-28-32-37-42-47-61(66)74-53-59(80-63(68)49-44-39-34-29-24-27-30-35-40-45-56(4)5)55-78-82(71,72)76-51-57(64)50-75-81(69,70)77-54-58(79-62(67)48-43-38-33-26-20-17-14-11-8-3)52-73-60(65)46-41-36-31-25-19-16-13-10-7-2/h56-59,64H,6-55H2,1-5H3,(H,69,70)(H,71,72)/t57-,58+,59+/m0/s1. The lowest BCUT2D eigenvalue weighted by Gasteiger charge is -2.21. The van der Waals surface area contributed by atoms with Crippen molar-refractivity contribution >= 4 is 39.5 Å². The van der Waals surface area contributed by atoms with Crippen LogP contribution in [0.3, 0.4) is 0 Å².